The number of halogens is 3. The number of imidazole rings is 1. The predicted octanol–water partition coefficient (Wildman–Crippen LogP) is 3.46. The second-order valence-corrected chi connectivity index (χ2v) is 6.11. The van der Waals surface area contributed by atoms with Crippen molar-refractivity contribution in [2.24, 2.45) is 0 Å². The topological polar surface area (TPSA) is 58.3 Å². The van der Waals surface area contributed by atoms with Crippen LogP contribution in [0.1, 0.15) is 23.9 Å². The zero-order valence-electron chi connectivity index (χ0n) is 13.5. The van der Waals surface area contributed by atoms with E-state index in [4.69, 9.17) is 0 Å². The summed E-state index contributed by atoms with van der Waals surface area (Å²) < 4.78 is 40.4. The van der Waals surface area contributed by atoms with Gasteiger partial charge in [0, 0.05) is 0 Å². The first-order chi connectivity index (χ1) is 11.7. The van der Waals surface area contributed by atoms with Crippen LogP contribution < -0.4 is 0 Å². The molecule has 1 aromatic heterocycles. The third kappa shape index (κ3) is 3.38. The van der Waals surface area contributed by atoms with Crippen molar-refractivity contribution in [1.29, 1.82) is 0 Å². The fourth-order valence-corrected chi connectivity index (χ4v) is 2.85. The van der Waals surface area contributed by atoms with Crippen molar-refractivity contribution >= 4 is 11.0 Å². The number of benzene rings is 2. The molecule has 0 radical (unpaired) electrons. The lowest BCUT2D eigenvalue weighted by molar-refractivity contribution is -0.137. The van der Waals surface area contributed by atoms with Crippen molar-refractivity contribution in [3.05, 3.63) is 65.5 Å². The lowest BCUT2D eigenvalue weighted by Crippen LogP contribution is -2.29. The molecular weight excluding hydrogens is 333 g/mol. The summed E-state index contributed by atoms with van der Waals surface area (Å²) in [5.41, 5.74) is -0.911. The Morgan fingerprint density at radius 2 is 1.72 bits per heavy atom. The van der Waals surface area contributed by atoms with Crippen molar-refractivity contribution in [3.63, 3.8) is 0 Å². The van der Waals surface area contributed by atoms with Crippen molar-refractivity contribution < 1.29 is 23.4 Å². The fraction of sp³-hybridized carbons (Fsp3) is 0.278. The maximum Gasteiger partial charge on any atom is 0.416 e. The van der Waals surface area contributed by atoms with Gasteiger partial charge in [0.05, 0.1) is 23.1 Å². The molecule has 3 aromatic rings. The van der Waals surface area contributed by atoms with Crippen LogP contribution in [-0.4, -0.2) is 19.8 Å². The van der Waals surface area contributed by atoms with E-state index in [1.54, 1.807) is 28.8 Å². The standard InChI is InChI=1S/C18H17F3N2O2/c1-17(25,12-5-4-6-13(9-12)18(19,20)21)11-23-15-8-3-2-7-14(15)22-16(23)10-24/h2-9,24-25H,10-11H2,1H3/t17-/m0/s1. The Kier molecular flexibility index (Phi) is 4.30. The first kappa shape index (κ1) is 17.4. The van der Waals surface area contributed by atoms with Crippen LogP contribution in [0.15, 0.2) is 48.5 Å². The molecule has 2 aromatic carbocycles. The Hall–Kier alpha value is -2.38. The summed E-state index contributed by atoms with van der Waals surface area (Å²) in [6, 6.07) is 11.8. The average molecular weight is 350 g/mol. The molecule has 0 bridgehead atoms. The molecule has 1 atom stereocenters. The van der Waals surface area contributed by atoms with E-state index in [1.165, 1.54) is 19.1 Å². The zero-order chi connectivity index (χ0) is 18.2. The summed E-state index contributed by atoms with van der Waals surface area (Å²) in [5.74, 6) is 0.341. The highest BCUT2D eigenvalue weighted by Crippen LogP contribution is 2.33. The molecule has 25 heavy (non-hydrogen) atoms. The van der Waals surface area contributed by atoms with Gasteiger partial charge in [-0.25, -0.2) is 4.98 Å². The second-order valence-electron chi connectivity index (χ2n) is 6.11. The molecule has 0 saturated heterocycles. The minimum absolute atomic E-state index is 0.0370. The van der Waals surface area contributed by atoms with Crippen LogP contribution in [0.4, 0.5) is 13.2 Å². The molecule has 4 nitrogen and oxygen atoms in total. The van der Waals surface area contributed by atoms with E-state index in [0.717, 1.165) is 12.1 Å². The number of aromatic nitrogens is 2. The third-order valence-electron chi connectivity index (χ3n) is 4.15. The number of para-hydroxylation sites is 2. The van der Waals surface area contributed by atoms with Crippen LogP contribution >= 0.6 is 0 Å². The van der Waals surface area contributed by atoms with Gasteiger partial charge in [-0.05, 0) is 36.8 Å². The predicted molar refractivity (Wildman–Crippen MR) is 86.7 cm³/mol. The van der Waals surface area contributed by atoms with Crippen molar-refractivity contribution in [1.82, 2.24) is 9.55 Å². The van der Waals surface area contributed by atoms with Gasteiger partial charge in [-0.15, -0.1) is 0 Å². The molecule has 0 aliphatic rings. The van der Waals surface area contributed by atoms with Crippen molar-refractivity contribution in [2.45, 2.75) is 31.9 Å². The van der Waals surface area contributed by atoms with Gasteiger partial charge in [0.15, 0.2) is 0 Å². The van der Waals surface area contributed by atoms with Gasteiger partial charge in [-0.1, -0.05) is 24.3 Å². The van der Waals surface area contributed by atoms with E-state index in [2.05, 4.69) is 4.98 Å². The molecule has 132 valence electrons. The number of hydrogen-bond donors (Lipinski definition) is 2. The van der Waals surface area contributed by atoms with E-state index in [9.17, 15) is 23.4 Å². The lowest BCUT2D eigenvalue weighted by Gasteiger charge is -2.26. The lowest BCUT2D eigenvalue weighted by atomic mass is 9.94. The molecule has 0 spiro atoms. The fourth-order valence-electron chi connectivity index (χ4n) is 2.85. The molecule has 0 aliphatic heterocycles. The Morgan fingerprint density at radius 3 is 2.40 bits per heavy atom. The van der Waals surface area contributed by atoms with Crippen LogP contribution in [0.2, 0.25) is 0 Å². The maximum absolute atomic E-state index is 12.9. The normalized spacial score (nSPS) is 14.6. The van der Waals surface area contributed by atoms with Gasteiger partial charge in [-0.3, -0.25) is 0 Å². The van der Waals surface area contributed by atoms with Crippen LogP contribution in [-0.2, 0) is 24.9 Å². The Morgan fingerprint density at radius 1 is 1.04 bits per heavy atom. The van der Waals surface area contributed by atoms with E-state index in [1.807, 2.05) is 0 Å². The molecule has 0 unspecified atom stereocenters. The van der Waals surface area contributed by atoms with Gasteiger partial charge in [0.2, 0.25) is 0 Å². The van der Waals surface area contributed by atoms with Gasteiger partial charge < -0.3 is 14.8 Å². The number of alkyl halides is 3. The molecular formula is C18H17F3N2O2. The van der Waals surface area contributed by atoms with Gasteiger partial charge in [-0.2, -0.15) is 13.2 Å². The number of hydrogen-bond acceptors (Lipinski definition) is 3. The van der Waals surface area contributed by atoms with E-state index < -0.39 is 17.3 Å². The molecule has 0 saturated carbocycles. The molecule has 3 rings (SSSR count). The highest BCUT2D eigenvalue weighted by atomic mass is 19.4. The Balaban J connectivity index is 2.02. The maximum atomic E-state index is 12.9. The number of nitrogens with zero attached hydrogens (tertiary/aromatic N) is 2. The van der Waals surface area contributed by atoms with Crippen LogP contribution in [0, 0.1) is 0 Å². The summed E-state index contributed by atoms with van der Waals surface area (Å²) in [7, 11) is 0. The third-order valence-corrected chi connectivity index (χ3v) is 4.15. The molecule has 1 heterocycles. The number of aliphatic hydroxyl groups is 2. The van der Waals surface area contributed by atoms with Crippen molar-refractivity contribution in [3.8, 4) is 0 Å². The summed E-state index contributed by atoms with van der Waals surface area (Å²) in [4.78, 5) is 4.29. The quantitative estimate of drug-likeness (QED) is 0.758. The van der Waals surface area contributed by atoms with E-state index >= 15 is 0 Å². The summed E-state index contributed by atoms with van der Waals surface area (Å²) in [5, 5.41) is 20.4. The summed E-state index contributed by atoms with van der Waals surface area (Å²) in [6.45, 7) is 1.07. The number of fused-ring (bicyclic) bond motifs is 1. The van der Waals surface area contributed by atoms with Crippen LogP contribution in [0.3, 0.4) is 0 Å². The van der Waals surface area contributed by atoms with Gasteiger partial charge in [0.1, 0.15) is 18.0 Å². The Labute approximate surface area is 142 Å². The summed E-state index contributed by atoms with van der Waals surface area (Å²) in [6.07, 6.45) is -4.48. The first-order valence-electron chi connectivity index (χ1n) is 7.67. The van der Waals surface area contributed by atoms with Crippen LogP contribution in [0.25, 0.3) is 11.0 Å². The largest absolute Gasteiger partial charge is 0.416 e. The number of aliphatic hydroxyl groups excluding tert-OH is 1. The van der Waals surface area contributed by atoms with Gasteiger partial charge in [0.25, 0.3) is 0 Å². The zero-order valence-corrected chi connectivity index (χ0v) is 13.5. The first-order valence-corrected chi connectivity index (χ1v) is 7.67. The van der Waals surface area contributed by atoms with Gasteiger partial charge >= 0.3 is 6.18 Å². The second kappa shape index (κ2) is 6.16. The van der Waals surface area contributed by atoms with Crippen molar-refractivity contribution in [2.75, 3.05) is 0 Å². The van der Waals surface area contributed by atoms with E-state index in [-0.39, 0.29) is 18.7 Å². The van der Waals surface area contributed by atoms with E-state index in [0.29, 0.717) is 16.9 Å². The minimum atomic E-state index is -4.48. The number of rotatable bonds is 4. The molecule has 0 aliphatic carbocycles. The SMILES string of the molecule is C[C@](O)(Cn1c(CO)nc2ccccc21)c1cccc(C(F)(F)F)c1. The van der Waals surface area contributed by atoms with Crippen LogP contribution in [0.5, 0.6) is 0 Å². The molecule has 0 amide bonds. The minimum Gasteiger partial charge on any atom is -0.388 e. The monoisotopic (exact) mass is 350 g/mol. The highest BCUT2D eigenvalue weighted by Gasteiger charge is 2.33. The molecule has 2 N–H and O–H groups in total. The smallest absolute Gasteiger partial charge is 0.388 e. The average Bonchev–Trinajstić information content (AvgIpc) is 2.92. The Bertz CT molecular complexity index is 901. The molecule has 0 fully saturated rings. The summed E-state index contributed by atoms with van der Waals surface area (Å²) >= 11 is 0. The highest BCUT2D eigenvalue weighted by molar-refractivity contribution is 5.75. The molecule has 7 heteroatoms.